The molecule has 2 aromatic carbocycles. The molecule has 3 aliphatic rings. The topological polar surface area (TPSA) is 55.1 Å². The number of carboxylic acid groups (broad SMARTS) is 1. The van der Waals surface area contributed by atoms with Crippen molar-refractivity contribution in [1.29, 1.82) is 0 Å². The van der Waals surface area contributed by atoms with E-state index in [2.05, 4.69) is 46.8 Å². The Kier molecular flexibility index (Phi) is 3.77. The first-order chi connectivity index (χ1) is 14.6. The Bertz CT molecular complexity index is 1210. The number of carboxylic acids is 1. The van der Waals surface area contributed by atoms with Crippen molar-refractivity contribution < 1.29 is 9.90 Å². The van der Waals surface area contributed by atoms with Gasteiger partial charge in [0, 0.05) is 11.1 Å². The molecule has 1 fully saturated rings. The molecule has 0 radical (unpaired) electrons. The number of benzene rings is 2. The average Bonchev–Trinajstić information content (AvgIpc) is 3.33. The van der Waals surface area contributed by atoms with E-state index in [0.29, 0.717) is 23.3 Å². The van der Waals surface area contributed by atoms with E-state index in [9.17, 15) is 9.90 Å². The number of imidazole rings is 1. The second kappa shape index (κ2) is 6.31. The van der Waals surface area contributed by atoms with Crippen LogP contribution in [0.5, 0.6) is 0 Å². The van der Waals surface area contributed by atoms with Crippen molar-refractivity contribution in [3.63, 3.8) is 0 Å². The summed E-state index contributed by atoms with van der Waals surface area (Å²) in [6.07, 6.45) is 10.1. The maximum Gasteiger partial charge on any atom is 0.335 e. The quantitative estimate of drug-likeness (QED) is 0.599. The number of aryl methyl sites for hydroxylation is 1. The Balaban J connectivity index is 1.35. The van der Waals surface area contributed by atoms with Gasteiger partial charge in [0.05, 0.1) is 16.6 Å². The highest BCUT2D eigenvalue weighted by Crippen LogP contribution is 2.62. The summed E-state index contributed by atoms with van der Waals surface area (Å²) in [5.74, 6) is 1.03. The van der Waals surface area contributed by atoms with Crippen molar-refractivity contribution in [2.45, 2.75) is 44.9 Å². The van der Waals surface area contributed by atoms with Crippen LogP contribution >= 0.6 is 0 Å². The van der Waals surface area contributed by atoms with Crippen LogP contribution in [0.3, 0.4) is 0 Å². The van der Waals surface area contributed by atoms with Crippen molar-refractivity contribution in [2.24, 2.45) is 17.3 Å². The van der Waals surface area contributed by atoms with Gasteiger partial charge in [-0.3, -0.25) is 0 Å². The fraction of sp³-hybridized carbons (Fsp3) is 0.385. The number of carbonyl (C=O) groups is 1. The van der Waals surface area contributed by atoms with E-state index < -0.39 is 5.97 Å². The number of aromatic carboxylic acids is 1. The molecule has 1 saturated carbocycles. The second-order valence-electron chi connectivity index (χ2n) is 9.52. The molecule has 152 valence electrons. The molecule has 4 heteroatoms. The monoisotopic (exact) mass is 398 g/mol. The van der Waals surface area contributed by atoms with Crippen molar-refractivity contribution in [2.75, 3.05) is 0 Å². The van der Waals surface area contributed by atoms with Crippen LogP contribution in [-0.2, 0) is 6.42 Å². The number of rotatable bonds is 2. The summed E-state index contributed by atoms with van der Waals surface area (Å²) < 4.78 is 2.32. The van der Waals surface area contributed by atoms with E-state index in [-0.39, 0.29) is 5.41 Å². The molecule has 6 rings (SSSR count). The second-order valence-corrected chi connectivity index (χ2v) is 9.52. The summed E-state index contributed by atoms with van der Waals surface area (Å²) in [7, 11) is 0. The molecule has 0 saturated heterocycles. The molecule has 3 aromatic rings. The first kappa shape index (κ1) is 17.9. The van der Waals surface area contributed by atoms with Gasteiger partial charge < -0.3 is 9.67 Å². The number of aromatic nitrogens is 2. The maximum absolute atomic E-state index is 11.4. The Morgan fingerprint density at radius 2 is 2.07 bits per heavy atom. The minimum atomic E-state index is -0.826. The number of allylic oxidation sites excluding steroid dienone is 2. The van der Waals surface area contributed by atoms with Crippen LogP contribution in [0.25, 0.3) is 16.7 Å². The Morgan fingerprint density at radius 1 is 1.20 bits per heavy atom. The molecular weight excluding hydrogens is 372 g/mol. The van der Waals surface area contributed by atoms with E-state index in [1.54, 1.807) is 6.07 Å². The molecule has 0 bridgehead atoms. The molecule has 30 heavy (non-hydrogen) atoms. The molecular formula is C26H26N2O2. The van der Waals surface area contributed by atoms with Crippen molar-refractivity contribution >= 4 is 22.7 Å². The van der Waals surface area contributed by atoms with Gasteiger partial charge in [-0.25, -0.2) is 9.78 Å². The maximum atomic E-state index is 11.4. The molecule has 3 aliphatic carbocycles. The molecule has 4 nitrogen and oxygen atoms in total. The molecule has 4 atom stereocenters. The van der Waals surface area contributed by atoms with E-state index >= 15 is 0 Å². The Hall–Kier alpha value is -2.88. The fourth-order valence-electron chi connectivity index (χ4n) is 6.78. The van der Waals surface area contributed by atoms with Gasteiger partial charge >= 0.3 is 5.97 Å². The van der Waals surface area contributed by atoms with Gasteiger partial charge in [0.1, 0.15) is 6.33 Å². The highest BCUT2D eigenvalue weighted by Gasteiger charge is 2.52. The lowest BCUT2D eigenvalue weighted by Crippen LogP contribution is -2.41. The summed E-state index contributed by atoms with van der Waals surface area (Å²) in [6, 6.07) is 14.2. The van der Waals surface area contributed by atoms with Gasteiger partial charge in [-0.1, -0.05) is 31.2 Å². The zero-order valence-electron chi connectivity index (χ0n) is 17.2. The number of fused-ring (bicyclic) bond motifs is 6. The van der Waals surface area contributed by atoms with Crippen LogP contribution < -0.4 is 0 Å². The van der Waals surface area contributed by atoms with Gasteiger partial charge in [-0.15, -0.1) is 0 Å². The first-order valence-corrected chi connectivity index (χ1v) is 11.1. The lowest BCUT2D eigenvalue weighted by molar-refractivity contribution is 0.0696. The smallest absolute Gasteiger partial charge is 0.335 e. The van der Waals surface area contributed by atoms with Crippen LogP contribution in [0.1, 0.15) is 60.0 Å². The molecule has 0 amide bonds. The lowest BCUT2D eigenvalue weighted by atomic mass is 9.55. The molecule has 1 N–H and O–H groups in total. The normalized spacial score (nSPS) is 29.8. The summed E-state index contributed by atoms with van der Waals surface area (Å²) in [4.78, 5) is 16.0. The van der Waals surface area contributed by atoms with Crippen molar-refractivity contribution in [3.05, 3.63) is 71.6 Å². The third-order valence-electron chi connectivity index (χ3n) is 8.23. The van der Waals surface area contributed by atoms with Crippen LogP contribution in [0, 0.1) is 17.3 Å². The van der Waals surface area contributed by atoms with Gasteiger partial charge in [0.2, 0.25) is 0 Å². The zero-order valence-corrected chi connectivity index (χ0v) is 17.2. The van der Waals surface area contributed by atoms with E-state index in [1.165, 1.54) is 28.8 Å². The van der Waals surface area contributed by atoms with Crippen LogP contribution in [0.4, 0.5) is 0 Å². The fourth-order valence-corrected chi connectivity index (χ4v) is 6.78. The predicted molar refractivity (Wildman–Crippen MR) is 117 cm³/mol. The van der Waals surface area contributed by atoms with E-state index in [0.717, 1.165) is 31.2 Å². The molecule has 0 spiro atoms. The standard InChI is InChI=1S/C26H26N2O2/c1-26-13-12-19-18-8-7-17(25(29)30)14-16(18)6-9-20(19)21(26)10-11-24(26)28-15-27-22-4-2-3-5-23(22)28/h2-5,7-8,11,14-15,19-21H,6,9-10,12-13H2,1H3,(H,29,30)/t19?,20?,21?,26-/m0/s1. The number of para-hydroxylation sites is 2. The van der Waals surface area contributed by atoms with Crippen molar-refractivity contribution in [1.82, 2.24) is 9.55 Å². The van der Waals surface area contributed by atoms with Gasteiger partial charge in [-0.2, -0.15) is 0 Å². The number of hydrogen-bond acceptors (Lipinski definition) is 2. The largest absolute Gasteiger partial charge is 0.478 e. The van der Waals surface area contributed by atoms with E-state index in [4.69, 9.17) is 0 Å². The lowest BCUT2D eigenvalue weighted by Gasteiger charge is -2.50. The molecule has 3 unspecified atom stereocenters. The van der Waals surface area contributed by atoms with Gasteiger partial charge in [0.15, 0.2) is 0 Å². The first-order valence-electron chi connectivity index (χ1n) is 11.1. The highest BCUT2D eigenvalue weighted by atomic mass is 16.4. The Labute approximate surface area is 176 Å². The average molecular weight is 399 g/mol. The van der Waals surface area contributed by atoms with Crippen LogP contribution in [0.2, 0.25) is 0 Å². The highest BCUT2D eigenvalue weighted by molar-refractivity contribution is 5.88. The third kappa shape index (κ3) is 2.39. The summed E-state index contributed by atoms with van der Waals surface area (Å²) in [6.45, 7) is 2.46. The zero-order chi connectivity index (χ0) is 20.5. The minimum absolute atomic E-state index is 0.170. The number of nitrogens with zero attached hydrogens (tertiary/aromatic N) is 2. The van der Waals surface area contributed by atoms with Crippen LogP contribution in [0.15, 0.2) is 54.9 Å². The SMILES string of the molecule is C[C@]12CCC3c4ccc(C(=O)O)cc4CCC3C1CC=C2n1cnc2ccccc21. The predicted octanol–water partition coefficient (Wildman–Crippen LogP) is 5.74. The van der Waals surface area contributed by atoms with E-state index in [1.807, 2.05) is 18.5 Å². The number of hydrogen-bond donors (Lipinski definition) is 1. The third-order valence-corrected chi connectivity index (χ3v) is 8.23. The van der Waals surface area contributed by atoms with Crippen molar-refractivity contribution in [3.8, 4) is 0 Å². The molecule has 0 aliphatic heterocycles. The summed E-state index contributed by atoms with van der Waals surface area (Å²) in [5.41, 5.74) is 6.92. The summed E-state index contributed by atoms with van der Waals surface area (Å²) >= 11 is 0. The summed E-state index contributed by atoms with van der Waals surface area (Å²) in [5, 5.41) is 9.36. The van der Waals surface area contributed by atoms with Gasteiger partial charge in [-0.05, 0) is 85.3 Å². The molecule has 1 heterocycles. The molecule has 1 aromatic heterocycles. The van der Waals surface area contributed by atoms with Crippen LogP contribution in [-0.4, -0.2) is 20.6 Å². The Morgan fingerprint density at radius 3 is 2.93 bits per heavy atom. The van der Waals surface area contributed by atoms with Gasteiger partial charge in [0.25, 0.3) is 0 Å². The minimum Gasteiger partial charge on any atom is -0.478 e.